The van der Waals surface area contributed by atoms with Crippen molar-refractivity contribution in [1.82, 2.24) is 10.3 Å². The monoisotopic (exact) mass is 204 g/mol. The van der Waals surface area contributed by atoms with Crippen molar-refractivity contribution < 1.29 is 4.74 Å². The highest BCUT2D eigenvalue weighted by atomic mass is 16.5. The molecule has 0 aliphatic carbocycles. The van der Waals surface area contributed by atoms with Gasteiger partial charge in [0.15, 0.2) is 0 Å². The van der Waals surface area contributed by atoms with Gasteiger partial charge in [0.2, 0.25) is 0 Å². The lowest BCUT2D eigenvalue weighted by Crippen LogP contribution is -2.28. The first-order valence-corrected chi connectivity index (χ1v) is 5.22. The van der Waals surface area contributed by atoms with Gasteiger partial charge in [-0.3, -0.25) is 4.98 Å². The first kappa shape index (κ1) is 10.2. The molecule has 2 rings (SSSR count). The van der Waals surface area contributed by atoms with E-state index in [-0.39, 0.29) is 0 Å². The van der Waals surface area contributed by atoms with Crippen molar-refractivity contribution in [1.29, 1.82) is 0 Å². The maximum absolute atomic E-state index is 5.73. The number of nitrogens with one attached hydrogen (secondary N) is 1. The molecule has 0 radical (unpaired) electrons. The summed E-state index contributed by atoms with van der Waals surface area (Å²) in [7, 11) is 0. The molecule has 3 heteroatoms. The molecular formula is C12H16N2O. The first-order chi connectivity index (χ1) is 7.25. The lowest BCUT2D eigenvalue weighted by atomic mass is 10.2. The van der Waals surface area contributed by atoms with E-state index in [1.165, 1.54) is 0 Å². The molecule has 0 aromatic carbocycles. The molecule has 2 heterocycles. The van der Waals surface area contributed by atoms with Crippen molar-refractivity contribution in [3.05, 3.63) is 35.7 Å². The second-order valence-corrected chi connectivity index (χ2v) is 3.85. The number of aromatic nitrogens is 1. The van der Waals surface area contributed by atoms with Crippen LogP contribution in [0.15, 0.2) is 24.4 Å². The van der Waals surface area contributed by atoms with Crippen LogP contribution >= 0.6 is 0 Å². The van der Waals surface area contributed by atoms with Gasteiger partial charge in [-0.25, -0.2) is 0 Å². The number of pyridine rings is 1. The third-order valence-electron chi connectivity index (χ3n) is 2.46. The maximum atomic E-state index is 5.73. The predicted molar refractivity (Wildman–Crippen MR) is 60.1 cm³/mol. The van der Waals surface area contributed by atoms with E-state index in [0.717, 1.165) is 23.6 Å². The minimum atomic E-state index is 0.338. The van der Waals surface area contributed by atoms with Gasteiger partial charge in [-0.05, 0) is 25.5 Å². The van der Waals surface area contributed by atoms with E-state index in [1.54, 1.807) is 0 Å². The van der Waals surface area contributed by atoms with Gasteiger partial charge in [0, 0.05) is 12.7 Å². The topological polar surface area (TPSA) is 34.1 Å². The largest absolute Gasteiger partial charge is 0.490 e. The number of nitrogens with zero attached hydrogens (tertiary/aromatic N) is 1. The lowest BCUT2D eigenvalue weighted by Gasteiger charge is -2.13. The average Bonchev–Trinajstić information content (AvgIpc) is 2.72. The number of hydrogen-bond donors (Lipinski definition) is 1. The number of rotatable bonds is 3. The molecule has 1 N–H and O–H groups in total. The second kappa shape index (κ2) is 4.45. The van der Waals surface area contributed by atoms with E-state index in [4.69, 9.17) is 4.74 Å². The van der Waals surface area contributed by atoms with Crippen molar-refractivity contribution in [2.24, 2.45) is 0 Å². The summed E-state index contributed by atoms with van der Waals surface area (Å²) in [6.07, 6.45) is 6.11. The average molecular weight is 204 g/mol. The van der Waals surface area contributed by atoms with Crippen LogP contribution in [-0.2, 0) is 0 Å². The predicted octanol–water partition coefficient (Wildman–Crippen LogP) is 1.61. The molecule has 15 heavy (non-hydrogen) atoms. The van der Waals surface area contributed by atoms with Crippen LogP contribution in [0.2, 0.25) is 0 Å². The van der Waals surface area contributed by atoms with Crippen LogP contribution in [0.4, 0.5) is 0 Å². The highest BCUT2D eigenvalue weighted by Crippen LogP contribution is 2.16. The summed E-state index contributed by atoms with van der Waals surface area (Å²) < 4.78 is 5.73. The maximum Gasteiger partial charge on any atom is 0.140 e. The molecule has 80 valence electrons. The molecule has 1 aromatic rings. The number of hydrogen-bond acceptors (Lipinski definition) is 3. The second-order valence-electron chi connectivity index (χ2n) is 3.85. The first-order valence-electron chi connectivity index (χ1n) is 5.22. The molecule has 0 fully saturated rings. The molecule has 1 aliphatic heterocycles. The number of aryl methyl sites for hydroxylation is 2. The summed E-state index contributed by atoms with van der Waals surface area (Å²) in [4.78, 5) is 4.26. The van der Waals surface area contributed by atoms with E-state index in [0.29, 0.717) is 12.6 Å². The van der Waals surface area contributed by atoms with Gasteiger partial charge < -0.3 is 10.1 Å². The van der Waals surface area contributed by atoms with Gasteiger partial charge in [-0.2, -0.15) is 0 Å². The molecule has 0 bridgehead atoms. The third kappa shape index (κ3) is 2.57. The van der Waals surface area contributed by atoms with E-state index in [1.807, 2.05) is 26.1 Å². The van der Waals surface area contributed by atoms with Gasteiger partial charge in [-0.1, -0.05) is 12.2 Å². The molecule has 0 spiro atoms. The molecule has 0 saturated carbocycles. The fourth-order valence-corrected chi connectivity index (χ4v) is 1.57. The molecule has 0 saturated heterocycles. The summed E-state index contributed by atoms with van der Waals surface area (Å²) in [5.41, 5.74) is 2.08. The van der Waals surface area contributed by atoms with Crippen molar-refractivity contribution in [3.8, 4) is 5.75 Å². The Morgan fingerprint density at radius 1 is 1.53 bits per heavy atom. The molecule has 1 aromatic heterocycles. The van der Waals surface area contributed by atoms with E-state index in [2.05, 4.69) is 22.5 Å². The Labute approximate surface area is 90.2 Å². The Balaban J connectivity index is 1.97. The molecule has 3 nitrogen and oxygen atoms in total. The van der Waals surface area contributed by atoms with Crippen molar-refractivity contribution >= 4 is 0 Å². The van der Waals surface area contributed by atoms with E-state index in [9.17, 15) is 0 Å². The Hall–Kier alpha value is -1.35. The third-order valence-corrected chi connectivity index (χ3v) is 2.46. The molecule has 0 amide bonds. The minimum Gasteiger partial charge on any atom is -0.490 e. The minimum absolute atomic E-state index is 0.338. The Morgan fingerprint density at radius 2 is 2.40 bits per heavy atom. The fraction of sp³-hybridized carbons (Fsp3) is 0.417. The zero-order valence-corrected chi connectivity index (χ0v) is 9.16. The van der Waals surface area contributed by atoms with Crippen LogP contribution in [0, 0.1) is 13.8 Å². The van der Waals surface area contributed by atoms with Crippen LogP contribution < -0.4 is 10.1 Å². The zero-order chi connectivity index (χ0) is 10.7. The van der Waals surface area contributed by atoms with Gasteiger partial charge in [0.1, 0.15) is 12.4 Å². The van der Waals surface area contributed by atoms with Crippen molar-refractivity contribution in [2.75, 3.05) is 13.2 Å². The fourth-order valence-electron chi connectivity index (χ4n) is 1.57. The van der Waals surface area contributed by atoms with Gasteiger partial charge in [-0.15, -0.1) is 0 Å². The zero-order valence-electron chi connectivity index (χ0n) is 9.16. The van der Waals surface area contributed by atoms with Gasteiger partial charge >= 0.3 is 0 Å². The SMILES string of the molecule is Cc1cnc(C)c(OCC2C=CCN2)c1. The van der Waals surface area contributed by atoms with Crippen LogP contribution in [0.25, 0.3) is 0 Å². The molecule has 1 aliphatic rings. The quantitative estimate of drug-likeness (QED) is 0.759. The molecular weight excluding hydrogens is 188 g/mol. The molecule has 1 unspecified atom stereocenters. The van der Waals surface area contributed by atoms with Crippen LogP contribution in [0.1, 0.15) is 11.3 Å². The normalized spacial score (nSPS) is 19.5. The highest BCUT2D eigenvalue weighted by molar-refractivity contribution is 5.30. The van der Waals surface area contributed by atoms with Gasteiger partial charge in [0.25, 0.3) is 0 Å². The van der Waals surface area contributed by atoms with E-state index >= 15 is 0 Å². The van der Waals surface area contributed by atoms with Crippen LogP contribution in [0.5, 0.6) is 5.75 Å². The molecule has 1 atom stereocenters. The summed E-state index contributed by atoms with van der Waals surface area (Å²) in [5, 5.41) is 3.30. The summed E-state index contributed by atoms with van der Waals surface area (Å²) in [6, 6.07) is 2.37. The standard InChI is InChI=1S/C12H16N2O/c1-9-6-12(10(2)14-7-9)15-8-11-4-3-5-13-11/h3-4,6-7,11,13H,5,8H2,1-2H3. The van der Waals surface area contributed by atoms with Crippen LogP contribution in [-0.4, -0.2) is 24.2 Å². The Bertz CT molecular complexity index is 374. The Morgan fingerprint density at radius 3 is 3.13 bits per heavy atom. The Kier molecular flexibility index (Phi) is 3.02. The lowest BCUT2D eigenvalue weighted by molar-refractivity contribution is 0.290. The highest BCUT2D eigenvalue weighted by Gasteiger charge is 2.09. The smallest absolute Gasteiger partial charge is 0.140 e. The van der Waals surface area contributed by atoms with Crippen LogP contribution in [0.3, 0.4) is 0 Å². The van der Waals surface area contributed by atoms with Crippen molar-refractivity contribution in [3.63, 3.8) is 0 Å². The summed E-state index contributed by atoms with van der Waals surface area (Å²) in [5.74, 6) is 0.886. The van der Waals surface area contributed by atoms with Gasteiger partial charge in [0.05, 0.1) is 11.7 Å². The summed E-state index contributed by atoms with van der Waals surface area (Å²) in [6.45, 7) is 5.60. The van der Waals surface area contributed by atoms with E-state index < -0.39 is 0 Å². The number of ether oxygens (including phenoxy) is 1. The van der Waals surface area contributed by atoms with Crippen molar-refractivity contribution in [2.45, 2.75) is 19.9 Å². The summed E-state index contributed by atoms with van der Waals surface area (Å²) >= 11 is 0.